The summed E-state index contributed by atoms with van der Waals surface area (Å²) in [4.78, 5) is 25.0. The van der Waals surface area contributed by atoms with Crippen LogP contribution in [0.1, 0.15) is 61.0 Å². The Kier molecular flexibility index (Phi) is 6.37. The number of benzene rings is 1. The van der Waals surface area contributed by atoms with E-state index >= 15 is 0 Å². The molecule has 1 aromatic heterocycles. The Bertz CT molecular complexity index is 1070. The standard InChI is InChI=1S/C23H28ClFN4O4/c1-3-33-18(30)11-23(32)9-13-6-12(7-14(13)10-23)20-19(21(26)29(2)28-20)22(31)27-15-4-5-17(25)16(24)8-15/h4-5,8,12-14,32H,3,6-7,9-11,26H2,1-2H3,(H,27,31). The number of nitrogens with two attached hydrogens (primary N) is 1. The lowest BCUT2D eigenvalue weighted by molar-refractivity contribution is -0.148. The molecule has 2 aliphatic carbocycles. The number of nitrogens with one attached hydrogen (secondary N) is 1. The number of nitrogens with zero attached hydrogens (tertiary/aromatic N) is 2. The quantitative estimate of drug-likeness (QED) is 0.545. The van der Waals surface area contributed by atoms with Gasteiger partial charge in [0, 0.05) is 18.7 Å². The largest absolute Gasteiger partial charge is 0.466 e. The van der Waals surface area contributed by atoms with Gasteiger partial charge in [-0.15, -0.1) is 0 Å². The second kappa shape index (κ2) is 8.95. The first-order valence-corrected chi connectivity index (χ1v) is 11.4. The number of hydrogen-bond acceptors (Lipinski definition) is 6. The van der Waals surface area contributed by atoms with Gasteiger partial charge in [0.1, 0.15) is 17.2 Å². The number of esters is 1. The molecule has 1 heterocycles. The van der Waals surface area contributed by atoms with Crippen molar-refractivity contribution in [3.63, 3.8) is 0 Å². The van der Waals surface area contributed by atoms with Gasteiger partial charge in [-0.1, -0.05) is 11.6 Å². The lowest BCUT2D eigenvalue weighted by atomic mass is 9.90. The topological polar surface area (TPSA) is 119 Å². The average Bonchev–Trinajstić information content (AvgIpc) is 3.34. The molecule has 1 amide bonds. The van der Waals surface area contributed by atoms with Crippen LogP contribution in [-0.2, 0) is 16.6 Å². The minimum absolute atomic E-state index is 0.00290. The maximum atomic E-state index is 13.4. The minimum atomic E-state index is -1.04. The van der Waals surface area contributed by atoms with E-state index in [1.54, 1.807) is 14.0 Å². The van der Waals surface area contributed by atoms with Crippen LogP contribution in [0.25, 0.3) is 0 Å². The fraction of sp³-hybridized carbons (Fsp3) is 0.522. The van der Waals surface area contributed by atoms with Gasteiger partial charge < -0.3 is 20.9 Å². The lowest BCUT2D eigenvalue weighted by Crippen LogP contribution is -2.30. The van der Waals surface area contributed by atoms with Crippen LogP contribution in [0.3, 0.4) is 0 Å². The highest BCUT2D eigenvalue weighted by Crippen LogP contribution is 2.55. The Morgan fingerprint density at radius 1 is 1.36 bits per heavy atom. The molecule has 33 heavy (non-hydrogen) atoms. The molecular weight excluding hydrogens is 451 g/mol. The van der Waals surface area contributed by atoms with E-state index in [0.29, 0.717) is 36.4 Å². The summed E-state index contributed by atoms with van der Waals surface area (Å²) in [7, 11) is 1.68. The van der Waals surface area contributed by atoms with E-state index in [1.165, 1.54) is 22.9 Å². The first-order chi connectivity index (χ1) is 15.6. The molecule has 2 saturated carbocycles. The minimum Gasteiger partial charge on any atom is -0.466 e. The predicted octanol–water partition coefficient (Wildman–Crippen LogP) is 3.64. The molecule has 2 atom stereocenters. The second-order valence-electron chi connectivity index (χ2n) is 9.15. The summed E-state index contributed by atoms with van der Waals surface area (Å²) < 4.78 is 19.9. The summed E-state index contributed by atoms with van der Waals surface area (Å²) in [6, 6.07) is 3.95. The summed E-state index contributed by atoms with van der Waals surface area (Å²) in [6.07, 6.45) is 2.53. The molecule has 4 N–H and O–H groups in total. The Morgan fingerprint density at radius 3 is 2.64 bits per heavy atom. The zero-order chi connectivity index (χ0) is 23.9. The van der Waals surface area contributed by atoms with Gasteiger partial charge in [-0.3, -0.25) is 14.3 Å². The van der Waals surface area contributed by atoms with E-state index in [2.05, 4.69) is 10.4 Å². The molecule has 178 valence electrons. The van der Waals surface area contributed by atoms with E-state index in [9.17, 15) is 19.1 Å². The van der Waals surface area contributed by atoms with Gasteiger partial charge in [0.15, 0.2) is 0 Å². The van der Waals surface area contributed by atoms with E-state index < -0.39 is 17.3 Å². The summed E-state index contributed by atoms with van der Waals surface area (Å²) in [5.41, 5.74) is 6.41. The molecule has 0 radical (unpaired) electrons. The molecule has 2 aliphatic rings. The van der Waals surface area contributed by atoms with Gasteiger partial charge in [0.25, 0.3) is 5.91 Å². The molecule has 10 heteroatoms. The van der Waals surface area contributed by atoms with Crippen LogP contribution in [0.4, 0.5) is 15.9 Å². The molecule has 0 spiro atoms. The van der Waals surface area contributed by atoms with Crippen LogP contribution in [0, 0.1) is 17.7 Å². The van der Waals surface area contributed by atoms with Crippen molar-refractivity contribution in [1.82, 2.24) is 9.78 Å². The third-order valence-electron chi connectivity index (χ3n) is 6.81. The number of anilines is 2. The van der Waals surface area contributed by atoms with E-state index in [1.807, 2.05) is 0 Å². The van der Waals surface area contributed by atoms with Crippen molar-refractivity contribution >= 4 is 35.0 Å². The number of rotatable bonds is 6. The lowest BCUT2D eigenvalue weighted by Gasteiger charge is -2.23. The molecule has 4 rings (SSSR count). The van der Waals surface area contributed by atoms with Crippen molar-refractivity contribution in [3.05, 3.63) is 40.3 Å². The van der Waals surface area contributed by atoms with Gasteiger partial charge in [-0.05, 0) is 62.6 Å². The summed E-state index contributed by atoms with van der Waals surface area (Å²) in [5.74, 6) is -0.687. The number of halogens is 2. The smallest absolute Gasteiger partial charge is 0.308 e. The zero-order valence-electron chi connectivity index (χ0n) is 18.6. The maximum Gasteiger partial charge on any atom is 0.308 e. The average molecular weight is 479 g/mol. The van der Waals surface area contributed by atoms with Crippen molar-refractivity contribution in [1.29, 1.82) is 0 Å². The number of aryl methyl sites for hydroxylation is 1. The number of hydrogen-bond donors (Lipinski definition) is 3. The maximum absolute atomic E-state index is 13.4. The van der Waals surface area contributed by atoms with Gasteiger partial charge >= 0.3 is 5.97 Å². The Balaban J connectivity index is 1.49. The van der Waals surface area contributed by atoms with Crippen LogP contribution in [0.15, 0.2) is 18.2 Å². The number of aliphatic hydroxyl groups is 1. The molecule has 1 aromatic carbocycles. The zero-order valence-corrected chi connectivity index (χ0v) is 19.4. The van der Waals surface area contributed by atoms with Gasteiger partial charge in [-0.25, -0.2) is 4.39 Å². The molecule has 0 saturated heterocycles. The molecule has 2 fully saturated rings. The normalized spacial score (nSPS) is 26.3. The number of ether oxygens (including phenoxy) is 1. The highest BCUT2D eigenvalue weighted by Gasteiger charge is 2.50. The van der Waals surface area contributed by atoms with Crippen molar-refractivity contribution in [3.8, 4) is 0 Å². The fourth-order valence-corrected chi connectivity index (χ4v) is 5.64. The van der Waals surface area contributed by atoms with Crippen LogP contribution in [-0.4, -0.2) is 39.0 Å². The Morgan fingerprint density at radius 2 is 2.03 bits per heavy atom. The van der Waals surface area contributed by atoms with Crippen LogP contribution in [0.5, 0.6) is 0 Å². The van der Waals surface area contributed by atoms with Crippen molar-refractivity contribution in [2.45, 2.75) is 50.5 Å². The Labute approximate surface area is 196 Å². The van der Waals surface area contributed by atoms with E-state index in [-0.39, 0.29) is 41.0 Å². The summed E-state index contributed by atoms with van der Waals surface area (Å²) in [6.45, 7) is 2.03. The van der Waals surface area contributed by atoms with Crippen LogP contribution in [0.2, 0.25) is 5.02 Å². The molecule has 0 aliphatic heterocycles. The van der Waals surface area contributed by atoms with E-state index in [4.69, 9.17) is 22.1 Å². The SMILES string of the molecule is CCOC(=O)CC1(O)CC2CC(c3nn(C)c(N)c3C(=O)Nc3ccc(F)c(Cl)c3)CC2C1. The highest BCUT2D eigenvalue weighted by molar-refractivity contribution is 6.31. The molecule has 2 unspecified atom stereocenters. The van der Waals surface area contributed by atoms with Gasteiger partial charge in [0.05, 0.1) is 29.3 Å². The molecular formula is C23H28ClFN4O4. The van der Waals surface area contributed by atoms with Gasteiger partial charge in [0.2, 0.25) is 0 Å². The number of fused-ring (bicyclic) bond motifs is 1. The number of carbonyl (C=O) groups excluding carboxylic acids is 2. The second-order valence-corrected chi connectivity index (χ2v) is 9.56. The first kappa shape index (κ1) is 23.5. The van der Waals surface area contributed by atoms with E-state index in [0.717, 1.165) is 12.8 Å². The molecule has 0 bridgehead atoms. The van der Waals surface area contributed by atoms with Crippen LogP contribution >= 0.6 is 11.6 Å². The fourth-order valence-electron chi connectivity index (χ4n) is 5.46. The third-order valence-corrected chi connectivity index (χ3v) is 7.10. The third kappa shape index (κ3) is 4.70. The molecule has 2 aromatic rings. The number of aromatic nitrogens is 2. The Hall–Kier alpha value is -2.65. The first-order valence-electron chi connectivity index (χ1n) is 11.1. The highest BCUT2D eigenvalue weighted by atomic mass is 35.5. The number of amides is 1. The predicted molar refractivity (Wildman–Crippen MR) is 121 cm³/mol. The number of nitrogen functional groups attached to an aromatic ring is 1. The summed E-state index contributed by atoms with van der Waals surface area (Å²) >= 11 is 5.82. The summed E-state index contributed by atoms with van der Waals surface area (Å²) in [5, 5.41) is 18.1. The van der Waals surface area contributed by atoms with Crippen molar-refractivity contribution < 1.29 is 23.8 Å². The van der Waals surface area contributed by atoms with Gasteiger partial charge in [-0.2, -0.15) is 5.10 Å². The number of carbonyl (C=O) groups is 2. The monoisotopic (exact) mass is 478 g/mol. The molecule has 8 nitrogen and oxygen atoms in total. The van der Waals surface area contributed by atoms with Crippen molar-refractivity contribution in [2.24, 2.45) is 18.9 Å². The van der Waals surface area contributed by atoms with Crippen LogP contribution < -0.4 is 11.1 Å². The van der Waals surface area contributed by atoms with Crippen molar-refractivity contribution in [2.75, 3.05) is 17.7 Å².